The van der Waals surface area contributed by atoms with Gasteiger partial charge in [-0.2, -0.15) is 0 Å². The van der Waals surface area contributed by atoms with Crippen LogP contribution in [0.2, 0.25) is 5.02 Å². The molecule has 7 heteroatoms. The number of ether oxygens (including phenoxy) is 1. The minimum Gasteiger partial charge on any atom is -0.484 e. The molecule has 138 valence electrons. The van der Waals surface area contributed by atoms with E-state index in [9.17, 15) is 9.59 Å². The number of hydrogen-bond acceptors (Lipinski definition) is 4. The number of nitrogens with one attached hydrogen (secondary N) is 1. The number of carbonyl (C=O) groups excluding carboxylic acids is 2. The maximum absolute atomic E-state index is 12.2. The van der Waals surface area contributed by atoms with Gasteiger partial charge in [-0.25, -0.2) is 0 Å². The van der Waals surface area contributed by atoms with E-state index >= 15 is 0 Å². The summed E-state index contributed by atoms with van der Waals surface area (Å²) in [5.74, 6) is 0.986. The molecule has 1 aromatic heterocycles. The van der Waals surface area contributed by atoms with Crippen LogP contribution in [-0.4, -0.2) is 18.4 Å². The maximum atomic E-state index is 12.2. The molecule has 0 aliphatic carbocycles. The van der Waals surface area contributed by atoms with Gasteiger partial charge in [-0.15, -0.1) is 0 Å². The van der Waals surface area contributed by atoms with E-state index in [4.69, 9.17) is 26.5 Å². The number of hydrogen-bond donors (Lipinski definition) is 2. The second-order valence-electron chi connectivity index (χ2n) is 5.73. The average Bonchev–Trinajstić information content (AvgIpc) is 3.14. The zero-order valence-corrected chi connectivity index (χ0v) is 15.0. The number of amides is 2. The van der Waals surface area contributed by atoms with E-state index in [0.717, 1.165) is 5.56 Å². The van der Waals surface area contributed by atoms with Gasteiger partial charge >= 0.3 is 0 Å². The number of rotatable bonds is 7. The largest absolute Gasteiger partial charge is 0.484 e. The molecule has 0 fully saturated rings. The van der Waals surface area contributed by atoms with E-state index in [0.29, 0.717) is 27.9 Å². The number of primary amides is 1. The lowest BCUT2D eigenvalue weighted by Crippen LogP contribution is -2.22. The van der Waals surface area contributed by atoms with Gasteiger partial charge in [-0.1, -0.05) is 11.6 Å². The summed E-state index contributed by atoms with van der Waals surface area (Å²) in [6, 6.07) is 17.4. The average molecular weight is 385 g/mol. The molecule has 0 radical (unpaired) electrons. The highest BCUT2D eigenvalue weighted by atomic mass is 35.5. The normalized spacial score (nSPS) is 10.4. The Hall–Kier alpha value is -3.25. The van der Waals surface area contributed by atoms with Crippen molar-refractivity contribution in [2.45, 2.75) is 6.54 Å². The van der Waals surface area contributed by atoms with Crippen molar-refractivity contribution in [1.82, 2.24) is 5.32 Å². The molecule has 0 aliphatic heterocycles. The molecule has 3 aromatic rings. The van der Waals surface area contributed by atoms with E-state index < -0.39 is 5.91 Å². The molecule has 0 aliphatic rings. The Morgan fingerprint density at radius 1 is 1.00 bits per heavy atom. The van der Waals surface area contributed by atoms with E-state index in [1.54, 1.807) is 36.4 Å². The van der Waals surface area contributed by atoms with Gasteiger partial charge in [0.05, 0.1) is 6.54 Å². The molecule has 0 saturated heterocycles. The molecule has 1 heterocycles. The Labute approximate surface area is 160 Å². The molecule has 3 N–H and O–H groups in total. The van der Waals surface area contributed by atoms with Crippen LogP contribution in [0.15, 0.2) is 65.1 Å². The molecule has 2 amide bonds. The highest BCUT2D eigenvalue weighted by Crippen LogP contribution is 2.23. The van der Waals surface area contributed by atoms with E-state index in [1.165, 1.54) is 0 Å². The minimum absolute atomic E-state index is 0.208. The first kappa shape index (κ1) is 18.5. The highest BCUT2D eigenvalue weighted by Gasteiger charge is 2.09. The molecule has 0 unspecified atom stereocenters. The molecule has 0 spiro atoms. The monoisotopic (exact) mass is 384 g/mol. The van der Waals surface area contributed by atoms with Gasteiger partial charge in [0.1, 0.15) is 17.3 Å². The smallest absolute Gasteiger partial charge is 0.255 e. The Kier molecular flexibility index (Phi) is 5.78. The Bertz CT molecular complexity index is 933. The second-order valence-corrected chi connectivity index (χ2v) is 6.17. The fourth-order valence-electron chi connectivity index (χ4n) is 2.37. The molecular formula is C20H17ClN2O4. The topological polar surface area (TPSA) is 94.6 Å². The lowest BCUT2D eigenvalue weighted by molar-refractivity contribution is -0.119. The maximum Gasteiger partial charge on any atom is 0.255 e. The number of halogens is 1. The summed E-state index contributed by atoms with van der Waals surface area (Å²) in [5, 5.41) is 3.45. The van der Waals surface area contributed by atoms with Crippen LogP contribution < -0.4 is 15.8 Å². The fraction of sp³-hybridized carbons (Fsp3) is 0.100. The number of carbonyl (C=O) groups is 2. The minimum atomic E-state index is -0.562. The molecule has 0 atom stereocenters. The number of benzene rings is 2. The van der Waals surface area contributed by atoms with Gasteiger partial charge < -0.3 is 20.2 Å². The molecule has 0 bridgehead atoms. The summed E-state index contributed by atoms with van der Waals surface area (Å²) in [6.45, 7) is 0.0480. The van der Waals surface area contributed by atoms with E-state index in [-0.39, 0.29) is 19.1 Å². The third kappa shape index (κ3) is 5.12. The van der Waals surface area contributed by atoms with Crippen molar-refractivity contribution in [1.29, 1.82) is 0 Å². The van der Waals surface area contributed by atoms with Gasteiger partial charge in [0, 0.05) is 16.1 Å². The zero-order chi connectivity index (χ0) is 19.2. The lowest BCUT2D eigenvalue weighted by atomic mass is 10.2. The third-order valence-corrected chi connectivity index (χ3v) is 3.96. The summed E-state index contributed by atoms with van der Waals surface area (Å²) in [4.78, 5) is 22.9. The van der Waals surface area contributed by atoms with Crippen LogP contribution in [-0.2, 0) is 11.3 Å². The molecule has 3 rings (SSSR count). The van der Waals surface area contributed by atoms with Crippen molar-refractivity contribution in [3.8, 4) is 17.1 Å². The summed E-state index contributed by atoms with van der Waals surface area (Å²) in [5.41, 5.74) is 6.39. The zero-order valence-electron chi connectivity index (χ0n) is 14.3. The first-order valence-electron chi connectivity index (χ1n) is 8.15. The second kappa shape index (κ2) is 8.42. The lowest BCUT2D eigenvalue weighted by Gasteiger charge is -2.06. The Morgan fingerprint density at radius 3 is 2.37 bits per heavy atom. The fourth-order valence-corrected chi connectivity index (χ4v) is 2.49. The van der Waals surface area contributed by atoms with E-state index in [2.05, 4.69) is 5.32 Å². The van der Waals surface area contributed by atoms with Crippen molar-refractivity contribution in [3.05, 3.63) is 77.0 Å². The van der Waals surface area contributed by atoms with Crippen LogP contribution in [0.1, 0.15) is 16.1 Å². The van der Waals surface area contributed by atoms with Crippen molar-refractivity contribution < 1.29 is 18.7 Å². The molecule has 27 heavy (non-hydrogen) atoms. The highest BCUT2D eigenvalue weighted by molar-refractivity contribution is 6.30. The van der Waals surface area contributed by atoms with Gasteiger partial charge in [-0.3, -0.25) is 9.59 Å². The Morgan fingerprint density at radius 2 is 1.70 bits per heavy atom. The molecule has 0 saturated carbocycles. The van der Waals surface area contributed by atoms with Gasteiger partial charge in [-0.05, 0) is 60.7 Å². The molecule has 2 aromatic carbocycles. The van der Waals surface area contributed by atoms with Crippen LogP contribution in [0.25, 0.3) is 11.3 Å². The quantitative estimate of drug-likeness (QED) is 0.652. The number of furan rings is 1. The first-order valence-corrected chi connectivity index (χ1v) is 8.53. The van der Waals surface area contributed by atoms with Crippen LogP contribution in [0.5, 0.6) is 5.75 Å². The summed E-state index contributed by atoms with van der Waals surface area (Å²) in [7, 11) is 0. The predicted molar refractivity (Wildman–Crippen MR) is 101 cm³/mol. The molecule has 6 nitrogen and oxygen atoms in total. The van der Waals surface area contributed by atoms with Crippen molar-refractivity contribution in [2.24, 2.45) is 5.73 Å². The number of nitrogens with two attached hydrogens (primary N) is 1. The van der Waals surface area contributed by atoms with Gasteiger partial charge in [0.2, 0.25) is 0 Å². The van der Waals surface area contributed by atoms with Crippen molar-refractivity contribution in [3.63, 3.8) is 0 Å². The predicted octanol–water partition coefficient (Wildman–Crippen LogP) is 3.39. The van der Waals surface area contributed by atoms with E-state index in [1.807, 2.05) is 24.3 Å². The van der Waals surface area contributed by atoms with Gasteiger partial charge in [0.15, 0.2) is 6.61 Å². The van der Waals surface area contributed by atoms with Gasteiger partial charge in [0.25, 0.3) is 11.8 Å². The van der Waals surface area contributed by atoms with Crippen LogP contribution in [0.4, 0.5) is 0 Å². The SMILES string of the molecule is NC(=O)COc1ccc(C(=O)NCc2ccc(-c3ccc(Cl)cc3)o2)cc1. The summed E-state index contributed by atoms with van der Waals surface area (Å²) >= 11 is 5.88. The van der Waals surface area contributed by atoms with Crippen molar-refractivity contribution >= 4 is 23.4 Å². The summed E-state index contributed by atoms with van der Waals surface area (Å²) < 4.78 is 10.9. The third-order valence-electron chi connectivity index (χ3n) is 3.71. The molecular weight excluding hydrogens is 368 g/mol. The van der Waals surface area contributed by atoms with Crippen molar-refractivity contribution in [2.75, 3.05) is 6.61 Å². The van der Waals surface area contributed by atoms with Crippen LogP contribution >= 0.6 is 11.6 Å². The standard InChI is InChI=1S/C20H17ClN2O4/c21-15-5-1-13(2-6-15)18-10-9-17(27-18)11-23-20(25)14-3-7-16(8-4-14)26-12-19(22)24/h1-10H,11-12H2,(H2,22,24)(H,23,25). The summed E-state index contributed by atoms with van der Waals surface area (Å²) in [6.07, 6.45) is 0. The van der Waals surface area contributed by atoms with Crippen LogP contribution in [0.3, 0.4) is 0 Å². The Balaban J connectivity index is 1.56. The first-order chi connectivity index (χ1) is 13.0. The van der Waals surface area contributed by atoms with Crippen LogP contribution in [0, 0.1) is 0 Å².